The van der Waals surface area contributed by atoms with Crippen LogP contribution in [0, 0.1) is 29.6 Å². The highest BCUT2D eigenvalue weighted by Gasteiger charge is 2.56. The van der Waals surface area contributed by atoms with Gasteiger partial charge >= 0.3 is 0 Å². The summed E-state index contributed by atoms with van der Waals surface area (Å²) in [6, 6.07) is 5.94. The molecule has 2 saturated carbocycles. The molecule has 0 amide bonds. The molecule has 0 saturated heterocycles. The normalized spacial score (nSPS) is 17.3. The van der Waals surface area contributed by atoms with Gasteiger partial charge in [0.25, 0.3) is 0 Å². The van der Waals surface area contributed by atoms with E-state index in [9.17, 15) is 5.26 Å². The number of aryl methyl sites for hydroxylation is 1. The van der Waals surface area contributed by atoms with Crippen molar-refractivity contribution in [2.45, 2.75) is 65.0 Å². The first-order valence-electron chi connectivity index (χ1n) is 13.0. The van der Waals surface area contributed by atoms with Crippen LogP contribution in [0.4, 0.5) is 11.4 Å². The predicted molar refractivity (Wildman–Crippen MR) is 152 cm³/mol. The van der Waals surface area contributed by atoms with Crippen LogP contribution in [0.15, 0.2) is 30.0 Å². The number of pyridine rings is 1. The van der Waals surface area contributed by atoms with Crippen molar-refractivity contribution in [3.63, 3.8) is 0 Å². The fraction of sp³-hybridized carbons (Fsp3) is 0.464. The van der Waals surface area contributed by atoms with E-state index in [2.05, 4.69) is 68.6 Å². The topological polar surface area (TPSA) is 104 Å². The minimum Gasteiger partial charge on any atom is -0.383 e. The first-order chi connectivity index (χ1) is 18.2. The molecule has 1 atom stereocenters. The highest BCUT2D eigenvalue weighted by molar-refractivity contribution is 7.09. The second-order valence-corrected chi connectivity index (χ2v) is 13.1. The number of rotatable bonds is 8. The maximum atomic E-state index is 9.81. The van der Waals surface area contributed by atoms with Crippen LogP contribution in [-0.2, 0) is 5.54 Å². The number of benzene rings is 1. The van der Waals surface area contributed by atoms with Gasteiger partial charge in [0.1, 0.15) is 17.8 Å². The number of hydrogen-bond acceptors (Lipinski definition) is 8. The van der Waals surface area contributed by atoms with Crippen LogP contribution < -0.4 is 10.6 Å². The van der Waals surface area contributed by atoms with Gasteiger partial charge in [-0.15, -0.1) is 16.4 Å². The summed E-state index contributed by atoms with van der Waals surface area (Å²) < 4.78 is 2.11. The molecular weight excluding hydrogens is 516 g/mol. The Morgan fingerprint density at radius 1 is 1.26 bits per heavy atom. The van der Waals surface area contributed by atoms with E-state index in [1.165, 1.54) is 25.7 Å². The Kier molecular flexibility index (Phi) is 6.08. The van der Waals surface area contributed by atoms with Crippen LogP contribution in [0.2, 0.25) is 5.02 Å². The van der Waals surface area contributed by atoms with E-state index in [1.807, 2.05) is 24.6 Å². The standard InChI is InChI=1S/C28H31ClN8S/c1-16-26(38-15-33-16)25(22-13-37(36-35-22)28(7-8-28)18-5-6-18)34-19-9-20-23(32-14-27(2,3)4)17(11-30)12-31-24(20)21(29)10-19/h9-10,12-13,15,18,25,34H,5-8,14H2,1-4H3,(H,31,32). The van der Waals surface area contributed by atoms with Crippen molar-refractivity contribution >= 4 is 45.2 Å². The number of fused-ring (bicyclic) bond motifs is 1. The molecule has 0 aliphatic heterocycles. The summed E-state index contributed by atoms with van der Waals surface area (Å²) in [5, 5.41) is 27.5. The molecule has 6 rings (SSSR count). The molecule has 0 bridgehead atoms. The molecule has 10 heteroatoms. The van der Waals surface area contributed by atoms with Crippen molar-refractivity contribution in [2.75, 3.05) is 17.2 Å². The Bertz CT molecular complexity index is 1550. The predicted octanol–water partition coefficient (Wildman–Crippen LogP) is 6.67. The van der Waals surface area contributed by atoms with E-state index in [0.29, 0.717) is 22.6 Å². The van der Waals surface area contributed by atoms with Crippen molar-refractivity contribution in [1.29, 1.82) is 5.26 Å². The molecule has 2 aliphatic carbocycles. The Hall–Kier alpha value is -3.22. The fourth-order valence-corrected chi connectivity index (χ4v) is 6.33. The highest BCUT2D eigenvalue weighted by Crippen LogP contribution is 2.59. The number of thiazole rings is 1. The number of hydrogen-bond donors (Lipinski definition) is 2. The number of halogens is 1. The minimum absolute atomic E-state index is 0.0297. The molecule has 1 aromatic carbocycles. The molecule has 2 aliphatic rings. The number of nitrogens with zero attached hydrogens (tertiary/aromatic N) is 6. The largest absolute Gasteiger partial charge is 0.383 e. The van der Waals surface area contributed by atoms with Crippen molar-refractivity contribution in [1.82, 2.24) is 25.0 Å². The Labute approximate surface area is 231 Å². The summed E-state index contributed by atoms with van der Waals surface area (Å²) in [4.78, 5) is 10.1. The van der Waals surface area contributed by atoms with Gasteiger partial charge in [-0.2, -0.15) is 5.26 Å². The molecule has 3 heterocycles. The van der Waals surface area contributed by atoms with Crippen LogP contribution in [0.3, 0.4) is 0 Å². The molecule has 4 aromatic rings. The van der Waals surface area contributed by atoms with Crippen molar-refractivity contribution in [3.8, 4) is 6.07 Å². The summed E-state index contributed by atoms with van der Waals surface area (Å²) in [5.74, 6) is 0.730. The Morgan fingerprint density at radius 2 is 2.05 bits per heavy atom. The number of aromatic nitrogens is 5. The average Bonchev–Trinajstić information content (AvgIpc) is 3.79. The molecular formula is C28H31ClN8S. The van der Waals surface area contributed by atoms with Crippen LogP contribution in [0.25, 0.3) is 10.9 Å². The lowest BCUT2D eigenvalue weighted by Gasteiger charge is -2.22. The zero-order valence-electron chi connectivity index (χ0n) is 22.0. The van der Waals surface area contributed by atoms with Gasteiger partial charge in [-0.05, 0) is 56.1 Å². The van der Waals surface area contributed by atoms with Gasteiger partial charge in [0.05, 0.1) is 49.6 Å². The monoisotopic (exact) mass is 546 g/mol. The molecule has 2 N–H and O–H groups in total. The molecule has 3 aromatic heterocycles. The van der Waals surface area contributed by atoms with Crippen molar-refractivity contribution < 1.29 is 0 Å². The lowest BCUT2D eigenvalue weighted by molar-refractivity contribution is 0.371. The maximum Gasteiger partial charge on any atom is 0.110 e. The van der Waals surface area contributed by atoms with Gasteiger partial charge < -0.3 is 10.6 Å². The van der Waals surface area contributed by atoms with Crippen LogP contribution in [0.5, 0.6) is 0 Å². The van der Waals surface area contributed by atoms with Crippen molar-refractivity contribution in [2.24, 2.45) is 11.3 Å². The van der Waals surface area contributed by atoms with Gasteiger partial charge in [-0.1, -0.05) is 37.6 Å². The molecule has 0 spiro atoms. The number of nitriles is 1. The number of anilines is 2. The smallest absolute Gasteiger partial charge is 0.110 e. The van der Waals surface area contributed by atoms with Gasteiger partial charge in [0.15, 0.2) is 0 Å². The Balaban J connectivity index is 1.40. The van der Waals surface area contributed by atoms with Gasteiger partial charge in [0.2, 0.25) is 0 Å². The Morgan fingerprint density at radius 3 is 2.68 bits per heavy atom. The maximum absolute atomic E-state index is 9.81. The van der Waals surface area contributed by atoms with Gasteiger partial charge in [-0.3, -0.25) is 4.98 Å². The third kappa shape index (κ3) is 4.61. The summed E-state index contributed by atoms with van der Waals surface area (Å²) in [6.07, 6.45) is 8.61. The van der Waals surface area contributed by atoms with Gasteiger partial charge in [-0.25, -0.2) is 9.67 Å². The van der Waals surface area contributed by atoms with E-state index in [4.69, 9.17) is 11.6 Å². The molecule has 1 unspecified atom stereocenters. The fourth-order valence-electron chi connectivity index (χ4n) is 5.20. The second kappa shape index (κ2) is 9.21. The molecule has 2 fully saturated rings. The molecule has 8 nitrogen and oxygen atoms in total. The second-order valence-electron chi connectivity index (χ2n) is 11.8. The quantitative estimate of drug-likeness (QED) is 0.254. The highest BCUT2D eigenvalue weighted by atomic mass is 35.5. The summed E-state index contributed by atoms with van der Waals surface area (Å²) in [7, 11) is 0. The zero-order chi connectivity index (χ0) is 26.7. The average molecular weight is 547 g/mol. The lowest BCUT2D eigenvalue weighted by Crippen LogP contribution is -2.20. The van der Waals surface area contributed by atoms with E-state index in [-0.39, 0.29) is 17.0 Å². The minimum atomic E-state index is -0.238. The molecule has 196 valence electrons. The summed E-state index contributed by atoms with van der Waals surface area (Å²) >= 11 is 8.36. The summed E-state index contributed by atoms with van der Waals surface area (Å²) in [5.41, 5.74) is 6.57. The summed E-state index contributed by atoms with van der Waals surface area (Å²) in [6.45, 7) is 9.17. The first-order valence-corrected chi connectivity index (χ1v) is 14.3. The van der Waals surface area contributed by atoms with E-state index >= 15 is 0 Å². The zero-order valence-corrected chi connectivity index (χ0v) is 23.6. The van der Waals surface area contributed by atoms with Crippen LogP contribution >= 0.6 is 22.9 Å². The first kappa shape index (κ1) is 25.1. The van der Waals surface area contributed by atoms with Crippen molar-refractivity contribution in [3.05, 3.63) is 56.9 Å². The third-order valence-electron chi connectivity index (χ3n) is 7.56. The van der Waals surface area contributed by atoms with Gasteiger partial charge in [0, 0.05) is 23.8 Å². The van der Waals surface area contributed by atoms with Crippen LogP contribution in [-0.4, -0.2) is 31.5 Å². The lowest BCUT2D eigenvalue weighted by atomic mass is 9.96. The molecule has 0 radical (unpaired) electrons. The molecule has 38 heavy (non-hydrogen) atoms. The van der Waals surface area contributed by atoms with E-state index in [0.717, 1.165) is 38.9 Å². The SMILES string of the molecule is Cc1ncsc1C(Nc1cc(Cl)c2ncc(C#N)c(NCC(C)(C)C)c2c1)c1cn(C2(C3CC3)CC2)nn1. The van der Waals surface area contributed by atoms with Crippen LogP contribution in [0.1, 0.15) is 74.3 Å². The van der Waals surface area contributed by atoms with E-state index in [1.54, 1.807) is 17.5 Å². The van der Waals surface area contributed by atoms with E-state index < -0.39 is 0 Å². The third-order valence-corrected chi connectivity index (χ3v) is 8.84. The number of nitrogens with one attached hydrogen (secondary N) is 2.